The zero-order valence-electron chi connectivity index (χ0n) is 11.0. The molecule has 1 heterocycles. The second-order valence-electron chi connectivity index (χ2n) is 5.88. The van der Waals surface area contributed by atoms with Gasteiger partial charge < -0.3 is 5.32 Å². The van der Waals surface area contributed by atoms with Gasteiger partial charge in [-0.15, -0.1) is 0 Å². The van der Waals surface area contributed by atoms with Gasteiger partial charge >= 0.3 is 0 Å². The molecule has 0 spiro atoms. The molecule has 2 rings (SSSR count). The summed E-state index contributed by atoms with van der Waals surface area (Å²) in [4.78, 5) is 2.76. The van der Waals surface area contributed by atoms with Crippen molar-refractivity contribution in [2.75, 3.05) is 13.1 Å². The molecule has 2 aliphatic rings. The number of hydrogen-bond acceptors (Lipinski definition) is 2. The Morgan fingerprint density at radius 3 is 2.31 bits per heavy atom. The highest BCUT2D eigenvalue weighted by Gasteiger charge is 2.27. The molecule has 1 saturated carbocycles. The molecule has 0 bridgehead atoms. The van der Waals surface area contributed by atoms with Gasteiger partial charge in [0.15, 0.2) is 0 Å². The number of nitrogens with one attached hydrogen (secondary N) is 1. The van der Waals surface area contributed by atoms with Crippen molar-refractivity contribution >= 4 is 0 Å². The normalized spacial score (nSPS) is 28.1. The molecular weight excluding hydrogens is 196 g/mol. The van der Waals surface area contributed by atoms with Gasteiger partial charge in [-0.1, -0.05) is 19.3 Å². The maximum Gasteiger partial charge on any atom is 0.0195 e. The molecule has 1 atom stereocenters. The van der Waals surface area contributed by atoms with Crippen molar-refractivity contribution in [3.8, 4) is 0 Å². The van der Waals surface area contributed by atoms with Crippen molar-refractivity contribution < 1.29 is 0 Å². The van der Waals surface area contributed by atoms with Gasteiger partial charge in [-0.05, 0) is 46.1 Å². The first-order valence-electron chi connectivity index (χ1n) is 7.26. The molecule has 1 unspecified atom stereocenters. The lowest BCUT2D eigenvalue weighted by molar-refractivity contribution is 0.130. The van der Waals surface area contributed by atoms with E-state index in [1.165, 1.54) is 58.0 Å². The van der Waals surface area contributed by atoms with Crippen LogP contribution in [0.4, 0.5) is 0 Å². The minimum Gasteiger partial charge on any atom is -0.313 e. The lowest BCUT2D eigenvalue weighted by Crippen LogP contribution is -2.49. The molecule has 0 aromatic carbocycles. The highest BCUT2D eigenvalue weighted by Crippen LogP contribution is 2.25. The standard InChI is InChI=1S/C14H28N2/c1-12(2)16(14-8-3-4-9-14)11-13-7-5-6-10-15-13/h12-15H,3-11H2,1-2H3. The van der Waals surface area contributed by atoms with Crippen LogP contribution < -0.4 is 5.32 Å². The third kappa shape index (κ3) is 3.21. The molecule has 0 aromatic rings. The second kappa shape index (κ2) is 6.02. The molecule has 2 nitrogen and oxygen atoms in total. The highest BCUT2D eigenvalue weighted by molar-refractivity contribution is 4.84. The lowest BCUT2D eigenvalue weighted by atomic mass is 10.0. The summed E-state index contributed by atoms with van der Waals surface area (Å²) in [6, 6.07) is 2.35. The summed E-state index contributed by atoms with van der Waals surface area (Å²) < 4.78 is 0. The van der Waals surface area contributed by atoms with E-state index in [1.807, 2.05) is 0 Å². The Hall–Kier alpha value is -0.0800. The topological polar surface area (TPSA) is 15.3 Å². The summed E-state index contributed by atoms with van der Waals surface area (Å²) in [5.74, 6) is 0. The van der Waals surface area contributed by atoms with E-state index in [4.69, 9.17) is 0 Å². The smallest absolute Gasteiger partial charge is 0.0195 e. The van der Waals surface area contributed by atoms with Gasteiger partial charge in [-0.3, -0.25) is 4.90 Å². The van der Waals surface area contributed by atoms with Crippen LogP contribution in [-0.4, -0.2) is 36.1 Å². The van der Waals surface area contributed by atoms with Crippen LogP contribution in [0.3, 0.4) is 0 Å². The van der Waals surface area contributed by atoms with Crippen LogP contribution in [-0.2, 0) is 0 Å². The molecular formula is C14H28N2. The van der Waals surface area contributed by atoms with Gasteiger partial charge in [0.1, 0.15) is 0 Å². The number of rotatable bonds is 4. The molecule has 0 aromatic heterocycles. The summed E-state index contributed by atoms with van der Waals surface area (Å²) in [6.07, 6.45) is 9.96. The monoisotopic (exact) mass is 224 g/mol. The summed E-state index contributed by atoms with van der Waals surface area (Å²) in [5.41, 5.74) is 0. The predicted octanol–water partition coefficient (Wildman–Crippen LogP) is 2.78. The van der Waals surface area contributed by atoms with Crippen molar-refractivity contribution in [2.45, 2.75) is 76.9 Å². The van der Waals surface area contributed by atoms with E-state index < -0.39 is 0 Å². The average molecular weight is 224 g/mol. The SMILES string of the molecule is CC(C)N(CC1CCCCN1)C1CCCC1. The lowest BCUT2D eigenvalue weighted by Gasteiger charge is -2.37. The Morgan fingerprint density at radius 1 is 1.06 bits per heavy atom. The maximum atomic E-state index is 3.69. The Bertz CT molecular complexity index is 191. The third-order valence-electron chi connectivity index (χ3n) is 4.30. The minimum absolute atomic E-state index is 0.715. The largest absolute Gasteiger partial charge is 0.313 e. The van der Waals surface area contributed by atoms with Crippen molar-refractivity contribution in [1.82, 2.24) is 10.2 Å². The van der Waals surface area contributed by atoms with Crippen molar-refractivity contribution in [3.63, 3.8) is 0 Å². The van der Waals surface area contributed by atoms with Crippen molar-refractivity contribution in [2.24, 2.45) is 0 Å². The average Bonchev–Trinajstić information content (AvgIpc) is 2.80. The molecule has 2 heteroatoms. The number of piperidine rings is 1. The fourth-order valence-electron chi connectivity index (χ4n) is 3.35. The number of nitrogens with zero attached hydrogens (tertiary/aromatic N) is 1. The van der Waals surface area contributed by atoms with Gasteiger partial charge in [-0.2, -0.15) is 0 Å². The van der Waals surface area contributed by atoms with Gasteiger partial charge in [0.25, 0.3) is 0 Å². The molecule has 1 N–H and O–H groups in total. The molecule has 0 radical (unpaired) electrons. The second-order valence-corrected chi connectivity index (χ2v) is 5.88. The van der Waals surface area contributed by atoms with E-state index in [1.54, 1.807) is 0 Å². The Balaban J connectivity index is 1.85. The first-order valence-corrected chi connectivity index (χ1v) is 7.26. The van der Waals surface area contributed by atoms with Crippen LogP contribution in [0.5, 0.6) is 0 Å². The quantitative estimate of drug-likeness (QED) is 0.790. The highest BCUT2D eigenvalue weighted by atomic mass is 15.2. The van der Waals surface area contributed by atoms with Crippen LogP contribution in [0.1, 0.15) is 58.8 Å². The van der Waals surface area contributed by atoms with E-state index in [9.17, 15) is 0 Å². The van der Waals surface area contributed by atoms with Gasteiger partial charge in [-0.25, -0.2) is 0 Å². The molecule has 1 saturated heterocycles. The van der Waals surface area contributed by atoms with Gasteiger partial charge in [0.05, 0.1) is 0 Å². The predicted molar refractivity (Wildman–Crippen MR) is 69.7 cm³/mol. The van der Waals surface area contributed by atoms with Gasteiger partial charge in [0, 0.05) is 24.7 Å². The maximum absolute atomic E-state index is 3.69. The zero-order chi connectivity index (χ0) is 11.4. The van der Waals surface area contributed by atoms with Crippen LogP contribution in [0.2, 0.25) is 0 Å². The van der Waals surface area contributed by atoms with E-state index in [-0.39, 0.29) is 0 Å². The molecule has 16 heavy (non-hydrogen) atoms. The van der Waals surface area contributed by atoms with E-state index in [0.717, 1.165) is 12.1 Å². The minimum atomic E-state index is 0.715. The van der Waals surface area contributed by atoms with Crippen LogP contribution in [0.25, 0.3) is 0 Å². The molecule has 1 aliphatic heterocycles. The molecule has 0 amide bonds. The van der Waals surface area contributed by atoms with Gasteiger partial charge in [0.2, 0.25) is 0 Å². The van der Waals surface area contributed by atoms with E-state index in [2.05, 4.69) is 24.1 Å². The Kier molecular flexibility index (Phi) is 4.66. The number of hydrogen-bond donors (Lipinski definition) is 1. The van der Waals surface area contributed by atoms with Crippen LogP contribution in [0.15, 0.2) is 0 Å². The van der Waals surface area contributed by atoms with Crippen molar-refractivity contribution in [3.05, 3.63) is 0 Å². The van der Waals surface area contributed by atoms with Crippen LogP contribution in [0, 0.1) is 0 Å². The summed E-state index contributed by atoms with van der Waals surface area (Å²) in [5, 5.41) is 3.69. The molecule has 94 valence electrons. The molecule has 1 aliphatic carbocycles. The fourth-order valence-corrected chi connectivity index (χ4v) is 3.35. The summed E-state index contributed by atoms with van der Waals surface area (Å²) in [6.45, 7) is 7.24. The van der Waals surface area contributed by atoms with Crippen LogP contribution >= 0.6 is 0 Å². The molecule has 2 fully saturated rings. The summed E-state index contributed by atoms with van der Waals surface area (Å²) in [7, 11) is 0. The zero-order valence-corrected chi connectivity index (χ0v) is 11.0. The van der Waals surface area contributed by atoms with E-state index in [0.29, 0.717) is 6.04 Å². The first-order chi connectivity index (χ1) is 7.77. The fraction of sp³-hybridized carbons (Fsp3) is 1.00. The first kappa shape index (κ1) is 12.4. The summed E-state index contributed by atoms with van der Waals surface area (Å²) >= 11 is 0. The Labute approximate surface area is 101 Å². The Morgan fingerprint density at radius 2 is 1.75 bits per heavy atom. The third-order valence-corrected chi connectivity index (χ3v) is 4.30. The van der Waals surface area contributed by atoms with Crippen molar-refractivity contribution in [1.29, 1.82) is 0 Å². The van der Waals surface area contributed by atoms with E-state index >= 15 is 0 Å².